The van der Waals surface area contributed by atoms with Crippen molar-refractivity contribution in [3.8, 4) is 0 Å². The van der Waals surface area contributed by atoms with Gasteiger partial charge >= 0.3 is 0 Å². The molecule has 0 saturated carbocycles. The van der Waals surface area contributed by atoms with E-state index < -0.39 is 12.2 Å². The van der Waals surface area contributed by atoms with Crippen molar-refractivity contribution < 1.29 is 15.0 Å². The molecule has 0 spiro atoms. The highest BCUT2D eigenvalue weighted by atomic mass is 16.3. The molecule has 0 amide bonds. The molecule has 4 nitrogen and oxygen atoms in total. The van der Waals surface area contributed by atoms with Gasteiger partial charge in [-0.1, -0.05) is 6.92 Å². The summed E-state index contributed by atoms with van der Waals surface area (Å²) in [5.41, 5.74) is 0. The lowest BCUT2D eigenvalue weighted by Gasteiger charge is -2.21. The van der Waals surface area contributed by atoms with Gasteiger partial charge < -0.3 is 10.2 Å². The predicted octanol–water partition coefficient (Wildman–Crippen LogP) is -0.609. The Kier molecular flexibility index (Phi) is 3.41. The monoisotopic (exact) mass is 187 g/mol. The Bertz CT molecular complexity index is 185. The first-order valence-corrected chi connectivity index (χ1v) is 4.69. The quantitative estimate of drug-likeness (QED) is 0.619. The summed E-state index contributed by atoms with van der Waals surface area (Å²) < 4.78 is 0. The molecule has 0 aromatic heterocycles. The minimum absolute atomic E-state index is 0.154. The van der Waals surface area contributed by atoms with E-state index in [-0.39, 0.29) is 11.8 Å². The summed E-state index contributed by atoms with van der Waals surface area (Å²) in [6, 6.07) is -0.184. The van der Waals surface area contributed by atoms with Gasteiger partial charge in [0.2, 0.25) is 0 Å². The van der Waals surface area contributed by atoms with Crippen molar-refractivity contribution in [1.82, 2.24) is 4.90 Å². The molecule has 1 rings (SSSR count). The third kappa shape index (κ3) is 2.27. The van der Waals surface area contributed by atoms with Gasteiger partial charge in [0, 0.05) is 19.5 Å². The molecule has 0 aromatic carbocycles. The van der Waals surface area contributed by atoms with Crippen LogP contribution in [0.3, 0.4) is 0 Å². The van der Waals surface area contributed by atoms with E-state index in [0.717, 1.165) is 0 Å². The van der Waals surface area contributed by atoms with Crippen LogP contribution in [0.4, 0.5) is 0 Å². The van der Waals surface area contributed by atoms with Crippen molar-refractivity contribution >= 4 is 5.78 Å². The number of likely N-dealkylation sites (tertiary alicyclic amines) is 1. The summed E-state index contributed by atoms with van der Waals surface area (Å²) >= 11 is 0. The molecule has 0 aromatic rings. The van der Waals surface area contributed by atoms with Gasteiger partial charge in [-0.3, -0.25) is 9.69 Å². The van der Waals surface area contributed by atoms with Crippen LogP contribution in [0.5, 0.6) is 0 Å². The minimum Gasteiger partial charge on any atom is -0.389 e. The lowest BCUT2D eigenvalue weighted by Crippen LogP contribution is -2.37. The van der Waals surface area contributed by atoms with Crippen molar-refractivity contribution in [3.05, 3.63) is 0 Å². The molecule has 3 unspecified atom stereocenters. The molecule has 4 heteroatoms. The Balaban J connectivity index is 2.50. The molecule has 0 bridgehead atoms. The number of ketones is 1. The fraction of sp³-hybridized carbons (Fsp3) is 0.889. The highest BCUT2D eigenvalue weighted by Crippen LogP contribution is 2.14. The van der Waals surface area contributed by atoms with Crippen LogP contribution in [0.1, 0.15) is 20.3 Å². The average molecular weight is 187 g/mol. The first kappa shape index (κ1) is 10.6. The van der Waals surface area contributed by atoms with Gasteiger partial charge in [-0.25, -0.2) is 0 Å². The third-order valence-electron chi connectivity index (χ3n) is 2.65. The first-order chi connectivity index (χ1) is 6.06. The molecule has 1 aliphatic rings. The van der Waals surface area contributed by atoms with E-state index in [4.69, 9.17) is 0 Å². The number of aliphatic hydroxyl groups excluding tert-OH is 2. The van der Waals surface area contributed by atoms with E-state index in [1.54, 1.807) is 0 Å². The summed E-state index contributed by atoms with van der Waals surface area (Å²) in [6.07, 6.45) is -0.900. The molecule has 2 N–H and O–H groups in total. The molecule has 3 atom stereocenters. The zero-order valence-corrected chi connectivity index (χ0v) is 8.10. The summed E-state index contributed by atoms with van der Waals surface area (Å²) in [7, 11) is 0. The van der Waals surface area contributed by atoms with Gasteiger partial charge in [-0.2, -0.15) is 0 Å². The fourth-order valence-corrected chi connectivity index (χ4v) is 1.61. The molecule has 0 radical (unpaired) electrons. The van der Waals surface area contributed by atoms with Crippen LogP contribution in [-0.4, -0.2) is 52.2 Å². The van der Waals surface area contributed by atoms with Crippen molar-refractivity contribution in [2.24, 2.45) is 0 Å². The van der Waals surface area contributed by atoms with Gasteiger partial charge in [0.15, 0.2) is 0 Å². The Morgan fingerprint density at radius 3 is 2.31 bits per heavy atom. The third-order valence-corrected chi connectivity index (χ3v) is 2.65. The van der Waals surface area contributed by atoms with Crippen molar-refractivity contribution in [3.63, 3.8) is 0 Å². The zero-order chi connectivity index (χ0) is 10.0. The molecule has 1 heterocycles. The number of hydrogen-bond donors (Lipinski definition) is 2. The highest BCUT2D eigenvalue weighted by Gasteiger charge is 2.33. The SMILES string of the molecule is CCC(=O)C(C)N1CC(O)C(O)C1. The van der Waals surface area contributed by atoms with E-state index >= 15 is 0 Å². The van der Waals surface area contributed by atoms with E-state index in [9.17, 15) is 15.0 Å². The average Bonchev–Trinajstić information content (AvgIpc) is 2.44. The van der Waals surface area contributed by atoms with E-state index in [2.05, 4.69) is 0 Å². The van der Waals surface area contributed by atoms with Crippen LogP contribution >= 0.6 is 0 Å². The number of carbonyl (C=O) groups excluding carboxylic acids is 1. The Morgan fingerprint density at radius 1 is 1.46 bits per heavy atom. The number of carbonyl (C=O) groups is 1. The summed E-state index contributed by atoms with van der Waals surface area (Å²) in [6.45, 7) is 4.43. The van der Waals surface area contributed by atoms with Crippen LogP contribution in [0, 0.1) is 0 Å². The summed E-state index contributed by atoms with van der Waals surface area (Å²) in [4.78, 5) is 13.1. The van der Waals surface area contributed by atoms with Gasteiger partial charge in [-0.05, 0) is 6.92 Å². The van der Waals surface area contributed by atoms with E-state index in [1.807, 2.05) is 18.7 Å². The maximum absolute atomic E-state index is 11.3. The number of rotatable bonds is 3. The van der Waals surface area contributed by atoms with Crippen LogP contribution in [0.2, 0.25) is 0 Å². The largest absolute Gasteiger partial charge is 0.389 e. The number of aliphatic hydroxyl groups is 2. The number of β-amino-alcohol motifs (C(OH)–C–C–N with tert-alkyl or cyclic N) is 2. The molecule has 1 aliphatic heterocycles. The number of hydrogen-bond acceptors (Lipinski definition) is 4. The predicted molar refractivity (Wildman–Crippen MR) is 48.3 cm³/mol. The summed E-state index contributed by atoms with van der Waals surface area (Å²) in [5.74, 6) is 0.154. The van der Waals surface area contributed by atoms with Gasteiger partial charge in [0.1, 0.15) is 5.78 Å². The lowest BCUT2D eigenvalue weighted by atomic mass is 10.1. The molecule has 76 valence electrons. The normalized spacial score (nSPS) is 32.0. The second kappa shape index (κ2) is 4.17. The Labute approximate surface area is 78.2 Å². The molecule has 1 fully saturated rings. The van der Waals surface area contributed by atoms with E-state index in [1.165, 1.54) is 0 Å². The number of nitrogens with zero attached hydrogens (tertiary/aromatic N) is 1. The smallest absolute Gasteiger partial charge is 0.149 e. The second-order valence-corrected chi connectivity index (χ2v) is 3.58. The lowest BCUT2D eigenvalue weighted by molar-refractivity contribution is -0.123. The molecule has 13 heavy (non-hydrogen) atoms. The standard InChI is InChI=1S/C9H17NO3/c1-3-7(11)6(2)10-4-8(12)9(13)5-10/h6,8-9,12-13H,3-5H2,1-2H3. The van der Waals surface area contributed by atoms with Gasteiger partial charge in [0.05, 0.1) is 18.2 Å². The van der Waals surface area contributed by atoms with Crippen molar-refractivity contribution in [2.45, 2.75) is 38.5 Å². The second-order valence-electron chi connectivity index (χ2n) is 3.58. The topological polar surface area (TPSA) is 60.8 Å². The van der Waals surface area contributed by atoms with Crippen LogP contribution in [0.25, 0.3) is 0 Å². The van der Waals surface area contributed by atoms with Gasteiger partial charge in [-0.15, -0.1) is 0 Å². The van der Waals surface area contributed by atoms with E-state index in [0.29, 0.717) is 19.5 Å². The highest BCUT2D eigenvalue weighted by molar-refractivity contribution is 5.83. The Morgan fingerprint density at radius 2 is 1.92 bits per heavy atom. The molecule has 0 aliphatic carbocycles. The van der Waals surface area contributed by atoms with Crippen molar-refractivity contribution in [2.75, 3.05) is 13.1 Å². The zero-order valence-electron chi connectivity index (χ0n) is 8.10. The van der Waals surface area contributed by atoms with Crippen LogP contribution < -0.4 is 0 Å². The molecular formula is C9H17NO3. The molecule has 1 saturated heterocycles. The summed E-state index contributed by atoms with van der Waals surface area (Å²) in [5, 5.41) is 18.5. The van der Waals surface area contributed by atoms with Crippen LogP contribution in [-0.2, 0) is 4.79 Å². The first-order valence-electron chi connectivity index (χ1n) is 4.69. The van der Waals surface area contributed by atoms with Gasteiger partial charge in [0.25, 0.3) is 0 Å². The number of Topliss-reactive ketones (excluding diaryl/α,β-unsaturated/α-hetero) is 1. The van der Waals surface area contributed by atoms with Crippen LogP contribution in [0.15, 0.2) is 0 Å². The molecular weight excluding hydrogens is 170 g/mol. The van der Waals surface area contributed by atoms with Crippen molar-refractivity contribution in [1.29, 1.82) is 0 Å². The Hall–Kier alpha value is -0.450. The maximum atomic E-state index is 11.3. The minimum atomic E-state index is -0.702. The fourth-order valence-electron chi connectivity index (χ4n) is 1.61. The maximum Gasteiger partial charge on any atom is 0.149 e.